The molecule has 0 unspecified atom stereocenters. The van der Waals surface area contributed by atoms with E-state index in [-0.39, 0.29) is 0 Å². The van der Waals surface area contributed by atoms with E-state index in [2.05, 4.69) is 28.1 Å². The first-order chi connectivity index (χ1) is 7.38. The van der Waals surface area contributed by atoms with Crippen LogP contribution in [0, 0.1) is 0 Å². The fourth-order valence-corrected chi connectivity index (χ4v) is 3.19. The highest BCUT2D eigenvalue weighted by molar-refractivity contribution is 7.99. The van der Waals surface area contributed by atoms with Crippen LogP contribution in [0.2, 0.25) is 0 Å². The topological polar surface area (TPSA) is 24.9 Å². The zero-order chi connectivity index (χ0) is 10.5. The van der Waals surface area contributed by atoms with Gasteiger partial charge in [0.1, 0.15) is 5.82 Å². The van der Waals surface area contributed by atoms with Crippen LogP contribution in [0.5, 0.6) is 0 Å². The van der Waals surface area contributed by atoms with Gasteiger partial charge in [0.2, 0.25) is 0 Å². The van der Waals surface area contributed by atoms with Gasteiger partial charge in [-0.25, -0.2) is 4.98 Å². The highest BCUT2D eigenvalue weighted by Gasteiger charge is 2.14. The number of aromatic nitrogens is 1. The van der Waals surface area contributed by atoms with Crippen molar-refractivity contribution in [2.24, 2.45) is 0 Å². The summed E-state index contributed by atoms with van der Waals surface area (Å²) in [4.78, 5) is 4.32. The van der Waals surface area contributed by atoms with Crippen LogP contribution in [0.25, 0.3) is 0 Å². The zero-order valence-electron chi connectivity index (χ0n) is 9.20. The molecule has 2 rings (SSSR count). The molecular formula is C12H18N2S. The number of hydrogen-bond donors (Lipinski definition) is 1. The van der Waals surface area contributed by atoms with Crippen molar-refractivity contribution in [1.82, 2.24) is 4.98 Å². The summed E-state index contributed by atoms with van der Waals surface area (Å²) >= 11 is 2.09. The summed E-state index contributed by atoms with van der Waals surface area (Å²) in [5.41, 5.74) is 1.34. The number of hydrogen-bond acceptors (Lipinski definition) is 3. The molecule has 0 spiro atoms. The van der Waals surface area contributed by atoms with Gasteiger partial charge in [-0.05, 0) is 24.5 Å². The average Bonchev–Trinajstić information content (AvgIpc) is 2.80. The molecule has 2 nitrogen and oxygen atoms in total. The van der Waals surface area contributed by atoms with Gasteiger partial charge >= 0.3 is 0 Å². The molecule has 1 aromatic heterocycles. The Bertz CT molecular complexity index is 291. The van der Waals surface area contributed by atoms with Crippen LogP contribution in [0.3, 0.4) is 0 Å². The summed E-state index contributed by atoms with van der Waals surface area (Å²) < 4.78 is 0. The maximum atomic E-state index is 4.32. The van der Waals surface area contributed by atoms with Gasteiger partial charge in [0.15, 0.2) is 0 Å². The summed E-state index contributed by atoms with van der Waals surface area (Å²) in [7, 11) is 1.90. The Hall–Kier alpha value is -0.700. The lowest BCUT2D eigenvalue weighted by molar-refractivity contribution is 0.886. The molecule has 0 aliphatic heterocycles. The van der Waals surface area contributed by atoms with Gasteiger partial charge in [0.05, 0.1) is 0 Å². The molecule has 1 fully saturated rings. The lowest BCUT2D eigenvalue weighted by Crippen LogP contribution is -1.96. The molecule has 1 aliphatic rings. The Balaban J connectivity index is 1.82. The Morgan fingerprint density at radius 3 is 2.80 bits per heavy atom. The van der Waals surface area contributed by atoms with Gasteiger partial charge in [-0.15, -0.1) is 0 Å². The number of nitrogens with one attached hydrogen (secondary N) is 1. The molecule has 1 saturated carbocycles. The Morgan fingerprint density at radius 2 is 2.20 bits per heavy atom. The minimum atomic E-state index is 0.897. The lowest BCUT2D eigenvalue weighted by atomic mass is 10.3. The van der Waals surface area contributed by atoms with Crippen molar-refractivity contribution in [2.75, 3.05) is 12.4 Å². The lowest BCUT2D eigenvalue weighted by Gasteiger charge is -2.08. The van der Waals surface area contributed by atoms with E-state index < -0.39 is 0 Å². The number of rotatable bonds is 4. The monoisotopic (exact) mass is 222 g/mol. The number of anilines is 1. The second-order valence-electron chi connectivity index (χ2n) is 4.02. The highest BCUT2D eigenvalue weighted by Crippen LogP contribution is 2.31. The van der Waals surface area contributed by atoms with Crippen LogP contribution in [0.15, 0.2) is 18.3 Å². The van der Waals surface area contributed by atoms with Crippen LogP contribution >= 0.6 is 11.8 Å². The fraction of sp³-hybridized carbons (Fsp3) is 0.583. The fourth-order valence-electron chi connectivity index (χ4n) is 1.93. The van der Waals surface area contributed by atoms with Gasteiger partial charge in [-0.1, -0.05) is 18.9 Å². The normalized spacial score (nSPS) is 16.9. The van der Waals surface area contributed by atoms with Crippen molar-refractivity contribution in [2.45, 2.75) is 36.7 Å². The number of nitrogens with zero attached hydrogens (tertiary/aromatic N) is 1. The van der Waals surface area contributed by atoms with Gasteiger partial charge in [0.25, 0.3) is 0 Å². The number of thioether (sulfide) groups is 1. The van der Waals surface area contributed by atoms with Crippen LogP contribution in [-0.4, -0.2) is 17.3 Å². The molecule has 0 amide bonds. The van der Waals surface area contributed by atoms with Gasteiger partial charge in [-0.2, -0.15) is 11.8 Å². The first kappa shape index (κ1) is 10.8. The van der Waals surface area contributed by atoms with Crippen molar-refractivity contribution in [3.63, 3.8) is 0 Å². The van der Waals surface area contributed by atoms with E-state index in [4.69, 9.17) is 0 Å². The zero-order valence-corrected chi connectivity index (χ0v) is 10.0. The van der Waals surface area contributed by atoms with Crippen LogP contribution in [0.4, 0.5) is 5.82 Å². The predicted molar refractivity (Wildman–Crippen MR) is 67.3 cm³/mol. The van der Waals surface area contributed by atoms with E-state index in [1.807, 2.05) is 19.3 Å². The van der Waals surface area contributed by atoms with Gasteiger partial charge in [-0.3, -0.25) is 0 Å². The molecule has 0 radical (unpaired) electrons. The third kappa shape index (κ3) is 3.13. The molecule has 0 saturated heterocycles. The molecule has 82 valence electrons. The Morgan fingerprint density at radius 1 is 1.40 bits per heavy atom. The minimum absolute atomic E-state index is 0.897. The summed E-state index contributed by atoms with van der Waals surface area (Å²) in [5.74, 6) is 2.06. The largest absolute Gasteiger partial charge is 0.373 e. The number of pyridine rings is 1. The molecule has 0 atom stereocenters. The molecule has 0 aromatic carbocycles. The average molecular weight is 222 g/mol. The maximum Gasteiger partial charge on any atom is 0.125 e. The van der Waals surface area contributed by atoms with E-state index in [1.54, 1.807) is 0 Å². The third-order valence-electron chi connectivity index (χ3n) is 2.87. The quantitative estimate of drug-likeness (QED) is 0.846. The van der Waals surface area contributed by atoms with E-state index in [0.717, 1.165) is 16.8 Å². The summed E-state index contributed by atoms with van der Waals surface area (Å²) in [6.45, 7) is 0. The summed E-state index contributed by atoms with van der Waals surface area (Å²) in [6, 6.07) is 4.21. The molecule has 15 heavy (non-hydrogen) atoms. The van der Waals surface area contributed by atoms with Crippen molar-refractivity contribution in [3.8, 4) is 0 Å². The molecule has 1 N–H and O–H groups in total. The first-order valence-electron chi connectivity index (χ1n) is 5.63. The third-order valence-corrected chi connectivity index (χ3v) is 4.31. The highest BCUT2D eigenvalue weighted by atomic mass is 32.2. The second kappa shape index (κ2) is 5.40. The predicted octanol–water partition coefficient (Wildman–Crippen LogP) is 3.30. The second-order valence-corrected chi connectivity index (χ2v) is 5.31. The SMILES string of the molecule is CNc1ccc(CSC2CCCC2)cn1. The standard InChI is InChI=1S/C12H18N2S/c1-13-12-7-6-10(8-14-12)9-15-11-4-2-3-5-11/h6-8,11H,2-5,9H2,1H3,(H,13,14). The Kier molecular flexibility index (Phi) is 3.89. The Labute approximate surface area is 95.9 Å². The van der Waals surface area contributed by atoms with E-state index >= 15 is 0 Å². The van der Waals surface area contributed by atoms with Gasteiger partial charge in [0, 0.05) is 24.2 Å². The first-order valence-corrected chi connectivity index (χ1v) is 6.67. The van der Waals surface area contributed by atoms with E-state index in [0.29, 0.717) is 0 Å². The molecule has 3 heteroatoms. The minimum Gasteiger partial charge on any atom is -0.373 e. The molecule has 1 aliphatic carbocycles. The molecule has 0 bridgehead atoms. The van der Waals surface area contributed by atoms with Crippen molar-refractivity contribution in [3.05, 3.63) is 23.9 Å². The van der Waals surface area contributed by atoms with Crippen molar-refractivity contribution in [1.29, 1.82) is 0 Å². The van der Waals surface area contributed by atoms with E-state index in [1.165, 1.54) is 31.2 Å². The van der Waals surface area contributed by atoms with Crippen LogP contribution in [0.1, 0.15) is 31.2 Å². The van der Waals surface area contributed by atoms with Crippen LogP contribution < -0.4 is 5.32 Å². The van der Waals surface area contributed by atoms with Crippen LogP contribution in [-0.2, 0) is 5.75 Å². The smallest absolute Gasteiger partial charge is 0.125 e. The van der Waals surface area contributed by atoms with Gasteiger partial charge < -0.3 is 5.32 Å². The molecule has 1 heterocycles. The molecule has 1 aromatic rings. The summed E-state index contributed by atoms with van der Waals surface area (Å²) in [6.07, 6.45) is 7.65. The van der Waals surface area contributed by atoms with Crippen molar-refractivity contribution >= 4 is 17.6 Å². The van der Waals surface area contributed by atoms with Crippen molar-refractivity contribution < 1.29 is 0 Å². The summed E-state index contributed by atoms with van der Waals surface area (Å²) in [5, 5.41) is 3.93. The molecular weight excluding hydrogens is 204 g/mol. The van der Waals surface area contributed by atoms with E-state index in [9.17, 15) is 0 Å². The maximum absolute atomic E-state index is 4.32.